The summed E-state index contributed by atoms with van der Waals surface area (Å²) in [6.07, 6.45) is -0.940. The van der Waals surface area contributed by atoms with Crippen LogP contribution in [-0.4, -0.2) is 24.4 Å². The molecule has 0 aromatic rings. The van der Waals surface area contributed by atoms with Crippen LogP contribution in [-0.2, 0) is 9.94 Å². The molecule has 0 aliphatic carbocycles. The second kappa shape index (κ2) is 4.73. The summed E-state index contributed by atoms with van der Waals surface area (Å²) >= 11 is 0. The lowest BCUT2D eigenvalue weighted by atomic mass is 10.6. The summed E-state index contributed by atoms with van der Waals surface area (Å²) < 4.78 is 0. The third-order valence-corrected chi connectivity index (χ3v) is 1.00. The van der Waals surface area contributed by atoms with Gasteiger partial charge < -0.3 is 0 Å². The van der Waals surface area contributed by atoms with Crippen LogP contribution in [0.4, 0.5) is 0 Å². The van der Waals surface area contributed by atoms with E-state index in [9.17, 15) is 5.11 Å². The third kappa shape index (κ3) is 4.39. The first-order valence-electron chi connectivity index (χ1n) is 3.28. The minimum absolute atomic E-state index is 0.767. The van der Waals surface area contributed by atoms with Gasteiger partial charge in [0, 0.05) is 13.1 Å². The van der Waals surface area contributed by atoms with E-state index in [0.29, 0.717) is 0 Å². The summed E-state index contributed by atoms with van der Waals surface area (Å²) in [5, 5.41) is 12.0. The SMILES string of the molecule is CCN(CC)OC(C)[O]. The first kappa shape index (κ1) is 8.88. The van der Waals surface area contributed by atoms with Crippen LogP contribution in [0, 0.1) is 0 Å². The molecule has 0 fully saturated rings. The van der Waals surface area contributed by atoms with E-state index in [1.165, 1.54) is 6.92 Å². The molecule has 55 valence electrons. The van der Waals surface area contributed by atoms with Gasteiger partial charge in [-0.3, -0.25) is 4.84 Å². The van der Waals surface area contributed by atoms with E-state index in [1.54, 1.807) is 5.06 Å². The van der Waals surface area contributed by atoms with Crippen LogP contribution in [0.25, 0.3) is 0 Å². The maximum atomic E-state index is 10.4. The normalized spacial score (nSPS) is 14.3. The van der Waals surface area contributed by atoms with Crippen molar-refractivity contribution in [1.29, 1.82) is 0 Å². The van der Waals surface area contributed by atoms with Crippen molar-refractivity contribution in [2.75, 3.05) is 13.1 Å². The predicted molar refractivity (Wildman–Crippen MR) is 34.2 cm³/mol. The Hall–Kier alpha value is -0.120. The summed E-state index contributed by atoms with van der Waals surface area (Å²) in [5.41, 5.74) is 0. The Kier molecular flexibility index (Phi) is 4.67. The largest absolute Gasteiger partial charge is 0.264 e. The molecule has 0 saturated carbocycles. The molecule has 9 heavy (non-hydrogen) atoms. The Morgan fingerprint density at radius 1 is 1.44 bits per heavy atom. The number of nitrogens with zero attached hydrogens (tertiary/aromatic N) is 1. The van der Waals surface area contributed by atoms with Gasteiger partial charge in [0.15, 0.2) is 0 Å². The fourth-order valence-electron chi connectivity index (χ4n) is 0.583. The van der Waals surface area contributed by atoms with E-state index in [-0.39, 0.29) is 0 Å². The fraction of sp³-hybridized carbons (Fsp3) is 1.00. The lowest BCUT2D eigenvalue weighted by molar-refractivity contribution is -0.272. The molecule has 0 bridgehead atoms. The molecule has 0 spiro atoms. The molecule has 3 heteroatoms. The van der Waals surface area contributed by atoms with Crippen LogP contribution in [0.3, 0.4) is 0 Å². The average Bonchev–Trinajstić information content (AvgIpc) is 1.82. The first-order chi connectivity index (χ1) is 4.20. The molecule has 0 aliphatic rings. The standard InChI is InChI=1S/C6H14NO2/c1-4-7(5-2)9-6(3)8/h6H,4-5H2,1-3H3. The van der Waals surface area contributed by atoms with Crippen LogP contribution in [0.5, 0.6) is 0 Å². The van der Waals surface area contributed by atoms with Crippen LogP contribution in [0.1, 0.15) is 20.8 Å². The van der Waals surface area contributed by atoms with Crippen LogP contribution < -0.4 is 0 Å². The second-order valence-electron chi connectivity index (χ2n) is 1.79. The minimum atomic E-state index is -0.940. The van der Waals surface area contributed by atoms with Gasteiger partial charge in [-0.2, -0.15) is 5.06 Å². The van der Waals surface area contributed by atoms with Crippen molar-refractivity contribution in [1.82, 2.24) is 5.06 Å². The smallest absolute Gasteiger partial charge is 0.208 e. The zero-order valence-electron chi connectivity index (χ0n) is 6.26. The van der Waals surface area contributed by atoms with Gasteiger partial charge >= 0.3 is 0 Å². The van der Waals surface area contributed by atoms with Gasteiger partial charge in [0.05, 0.1) is 0 Å². The maximum Gasteiger partial charge on any atom is 0.208 e. The Balaban J connectivity index is 3.31. The number of rotatable bonds is 4. The zero-order chi connectivity index (χ0) is 7.28. The second-order valence-corrected chi connectivity index (χ2v) is 1.79. The molecular formula is C6H14NO2. The summed E-state index contributed by atoms with van der Waals surface area (Å²) in [6.45, 7) is 6.92. The van der Waals surface area contributed by atoms with Crippen LogP contribution in [0.2, 0.25) is 0 Å². The third-order valence-electron chi connectivity index (χ3n) is 1.00. The highest BCUT2D eigenvalue weighted by Gasteiger charge is 2.02. The summed E-state index contributed by atoms with van der Waals surface area (Å²) in [4.78, 5) is 4.83. The van der Waals surface area contributed by atoms with Crippen molar-refractivity contribution >= 4 is 0 Å². The topological polar surface area (TPSA) is 32.4 Å². The quantitative estimate of drug-likeness (QED) is 0.423. The highest BCUT2D eigenvalue weighted by atomic mass is 16.7. The minimum Gasteiger partial charge on any atom is -0.264 e. The molecule has 0 heterocycles. The Morgan fingerprint density at radius 3 is 2.00 bits per heavy atom. The van der Waals surface area contributed by atoms with Gasteiger partial charge in [0.2, 0.25) is 6.29 Å². The Bertz CT molecular complexity index is 62.1. The van der Waals surface area contributed by atoms with E-state index >= 15 is 0 Å². The lowest BCUT2D eigenvalue weighted by Gasteiger charge is -2.17. The first-order valence-corrected chi connectivity index (χ1v) is 3.28. The molecule has 1 atom stereocenters. The lowest BCUT2D eigenvalue weighted by Crippen LogP contribution is -2.27. The van der Waals surface area contributed by atoms with Crippen molar-refractivity contribution in [2.24, 2.45) is 0 Å². The van der Waals surface area contributed by atoms with E-state index < -0.39 is 6.29 Å². The molecule has 0 aromatic heterocycles. The molecule has 0 aromatic carbocycles. The molecule has 1 radical (unpaired) electrons. The summed E-state index contributed by atoms with van der Waals surface area (Å²) in [6, 6.07) is 0. The van der Waals surface area contributed by atoms with Crippen molar-refractivity contribution in [3.63, 3.8) is 0 Å². The monoisotopic (exact) mass is 132 g/mol. The summed E-state index contributed by atoms with van der Waals surface area (Å²) in [7, 11) is 0. The zero-order valence-corrected chi connectivity index (χ0v) is 6.26. The summed E-state index contributed by atoms with van der Waals surface area (Å²) in [5.74, 6) is 0. The molecule has 3 nitrogen and oxygen atoms in total. The van der Waals surface area contributed by atoms with Gasteiger partial charge in [-0.05, 0) is 6.92 Å². The van der Waals surface area contributed by atoms with Crippen LogP contribution in [0.15, 0.2) is 0 Å². The van der Waals surface area contributed by atoms with Gasteiger partial charge in [0.25, 0.3) is 0 Å². The van der Waals surface area contributed by atoms with Crippen molar-refractivity contribution in [2.45, 2.75) is 27.1 Å². The number of hydroxylamine groups is 2. The molecule has 1 unspecified atom stereocenters. The average molecular weight is 132 g/mol. The molecule has 0 saturated heterocycles. The van der Waals surface area contributed by atoms with E-state index in [4.69, 9.17) is 4.84 Å². The Labute approximate surface area is 56.2 Å². The number of hydrogen-bond donors (Lipinski definition) is 0. The predicted octanol–water partition coefficient (Wildman–Crippen LogP) is 1.04. The molecule has 0 N–H and O–H groups in total. The van der Waals surface area contributed by atoms with E-state index in [0.717, 1.165) is 13.1 Å². The van der Waals surface area contributed by atoms with Gasteiger partial charge in [-0.1, -0.05) is 13.8 Å². The van der Waals surface area contributed by atoms with Crippen molar-refractivity contribution in [3.8, 4) is 0 Å². The van der Waals surface area contributed by atoms with Gasteiger partial charge in [-0.25, -0.2) is 5.11 Å². The highest BCUT2D eigenvalue weighted by molar-refractivity contribution is 4.33. The molecule has 0 amide bonds. The van der Waals surface area contributed by atoms with Crippen molar-refractivity contribution < 1.29 is 9.94 Å². The Morgan fingerprint density at radius 2 is 1.89 bits per heavy atom. The van der Waals surface area contributed by atoms with Crippen LogP contribution >= 0.6 is 0 Å². The maximum absolute atomic E-state index is 10.4. The molecular weight excluding hydrogens is 118 g/mol. The van der Waals surface area contributed by atoms with E-state index in [1.807, 2.05) is 13.8 Å². The molecule has 0 rings (SSSR count). The van der Waals surface area contributed by atoms with Crippen molar-refractivity contribution in [3.05, 3.63) is 0 Å². The highest BCUT2D eigenvalue weighted by Crippen LogP contribution is 1.92. The van der Waals surface area contributed by atoms with E-state index in [2.05, 4.69) is 0 Å². The molecule has 0 aliphatic heterocycles. The van der Waals surface area contributed by atoms with Gasteiger partial charge in [-0.15, -0.1) is 0 Å². The van der Waals surface area contributed by atoms with Gasteiger partial charge in [0.1, 0.15) is 0 Å². The fourth-order valence-corrected chi connectivity index (χ4v) is 0.583. The number of hydrogen-bond acceptors (Lipinski definition) is 2.